The highest BCUT2D eigenvalue weighted by atomic mass is 32.1. The Morgan fingerprint density at radius 3 is 2.53 bits per heavy atom. The topological polar surface area (TPSA) is 110 Å². The second-order valence-corrected chi connectivity index (χ2v) is 4.44. The summed E-state index contributed by atoms with van der Waals surface area (Å²) in [6.07, 6.45) is 0.894. The molecule has 0 aromatic carbocycles. The Kier molecular flexibility index (Phi) is 4.33. The highest BCUT2D eigenvalue weighted by molar-refractivity contribution is 7.19. The lowest BCUT2D eigenvalue weighted by Gasteiger charge is -2.03. The maximum absolute atomic E-state index is 11.5. The van der Waals surface area contributed by atoms with Gasteiger partial charge in [-0.1, -0.05) is 6.92 Å². The van der Waals surface area contributed by atoms with E-state index in [1.54, 1.807) is 0 Å². The number of hydrogen-bond donors (Lipinski definition) is 4. The van der Waals surface area contributed by atoms with Crippen LogP contribution in [0.1, 0.15) is 33.4 Å². The van der Waals surface area contributed by atoms with Gasteiger partial charge in [-0.3, -0.25) is 9.59 Å². The molecule has 0 bridgehead atoms. The molecule has 94 valence electrons. The van der Waals surface area contributed by atoms with Gasteiger partial charge in [-0.2, -0.15) is 0 Å². The molecule has 0 saturated carbocycles. The molecule has 0 unspecified atom stereocenters. The minimum absolute atomic E-state index is 0.139. The Hall–Kier alpha value is -1.76. The normalized spacial score (nSPS) is 10.0. The zero-order chi connectivity index (χ0) is 13.0. The smallest absolute Gasteiger partial charge is 0.263 e. The van der Waals surface area contributed by atoms with E-state index in [9.17, 15) is 9.59 Å². The van der Waals surface area contributed by atoms with Crippen molar-refractivity contribution in [3.63, 3.8) is 0 Å². The summed E-state index contributed by atoms with van der Waals surface area (Å²) in [6.45, 7) is 2.68. The molecule has 0 aliphatic rings. The van der Waals surface area contributed by atoms with Crippen molar-refractivity contribution in [1.82, 2.24) is 5.32 Å². The lowest BCUT2D eigenvalue weighted by atomic mass is 10.2. The standard InChI is InChI=1S/C10H16N4O2S/c1-3-4-14-10-5(8(12)15)6(11)7(17-10)9(16)13-2/h14H,3-4,11H2,1-2H3,(H2,12,15)(H,13,16). The molecular formula is C10H16N4O2S. The predicted octanol–water partition coefficient (Wildman–Crippen LogP) is 0.611. The Balaban J connectivity index is 3.19. The molecule has 1 aromatic rings. The number of hydrogen-bond acceptors (Lipinski definition) is 5. The molecule has 0 aliphatic carbocycles. The van der Waals surface area contributed by atoms with Gasteiger partial charge in [-0.25, -0.2) is 0 Å². The fraction of sp³-hybridized carbons (Fsp3) is 0.400. The van der Waals surface area contributed by atoms with E-state index in [4.69, 9.17) is 11.5 Å². The van der Waals surface area contributed by atoms with Crippen molar-refractivity contribution < 1.29 is 9.59 Å². The molecule has 1 aromatic heterocycles. The number of thiophene rings is 1. The summed E-state index contributed by atoms with van der Waals surface area (Å²) in [7, 11) is 1.50. The number of amides is 2. The number of primary amides is 1. The lowest BCUT2D eigenvalue weighted by molar-refractivity contribution is 0.0967. The molecule has 0 aliphatic heterocycles. The maximum Gasteiger partial charge on any atom is 0.263 e. The van der Waals surface area contributed by atoms with Gasteiger partial charge in [0.2, 0.25) is 0 Å². The summed E-state index contributed by atoms with van der Waals surface area (Å²) >= 11 is 1.14. The monoisotopic (exact) mass is 256 g/mol. The van der Waals surface area contributed by atoms with Gasteiger partial charge in [0.1, 0.15) is 9.88 Å². The molecule has 17 heavy (non-hydrogen) atoms. The van der Waals surface area contributed by atoms with Crippen LogP contribution in [0.4, 0.5) is 10.7 Å². The molecule has 1 rings (SSSR count). The minimum atomic E-state index is -0.632. The molecule has 2 amide bonds. The second kappa shape index (κ2) is 5.53. The van der Waals surface area contributed by atoms with Gasteiger partial charge in [0.05, 0.1) is 11.3 Å². The summed E-state index contributed by atoms with van der Waals surface area (Å²) < 4.78 is 0. The molecule has 6 nitrogen and oxygen atoms in total. The van der Waals surface area contributed by atoms with Crippen LogP contribution >= 0.6 is 11.3 Å². The van der Waals surface area contributed by atoms with Crippen LogP contribution in [0.25, 0.3) is 0 Å². The van der Waals surface area contributed by atoms with E-state index in [1.807, 2.05) is 6.92 Å². The Morgan fingerprint density at radius 2 is 2.06 bits per heavy atom. The minimum Gasteiger partial charge on any atom is -0.397 e. The summed E-state index contributed by atoms with van der Waals surface area (Å²) in [4.78, 5) is 23.1. The number of anilines is 2. The van der Waals surface area contributed by atoms with E-state index in [0.29, 0.717) is 16.4 Å². The molecule has 0 fully saturated rings. The van der Waals surface area contributed by atoms with Crippen molar-refractivity contribution >= 4 is 33.8 Å². The first-order valence-corrected chi connectivity index (χ1v) is 6.02. The summed E-state index contributed by atoms with van der Waals surface area (Å²) in [5.41, 5.74) is 11.4. The second-order valence-electron chi connectivity index (χ2n) is 3.42. The third kappa shape index (κ3) is 2.68. The number of carbonyl (C=O) groups is 2. The van der Waals surface area contributed by atoms with E-state index >= 15 is 0 Å². The van der Waals surface area contributed by atoms with Crippen LogP contribution in [-0.4, -0.2) is 25.4 Å². The summed E-state index contributed by atoms with van der Waals surface area (Å²) in [5, 5.41) is 6.06. The van der Waals surface area contributed by atoms with E-state index in [0.717, 1.165) is 17.8 Å². The zero-order valence-corrected chi connectivity index (χ0v) is 10.6. The Bertz CT molecular complexity index is 442. The third-order valence-corrected chi connectivity index (χ3v) is 3.32. The van der Waals surface area contributed by atoms with Crippen molar-refractivity contribution in [3.8, 4) is 0 Å². The molecule has 1 heterocycles. The first-order valence-electron chi connectivity index (χ1n) is 5.20. The van der Waals surface area contributed by atoms with Gasteiger partial charge in [-0.15, -0.1) is 11.3 Å². The first kappa shape index (κ1) is 13.3. The van der Waals surface area contributed by atoms with Gasteiger partial charge in [0.25, 0.3) is 11.8 Å². The largest absolute Gasteiger partial charge is 0.397 e. The fourth-order valence-electron chi connectivity index (χ4n) is 1.33. The average Bonchev–Trinajstić information content (AvgIpc) is 2.62. The van der Waals surface area contributed by atoms with Crippen LogP contribution in [0, 0.1) is 0 Å². The number of nitrogen functional groups attached to an aromatic ring is 1. The van der Waals surface area contributed by atoms with Gasteiger partial charge < -0.3 is 22.1 Å². The predicted molar refractivity (Wildman–Crippen MR) is 69.4 cm³/mol. The van der Waals surface area contributed by atoms with Crippen LogP contribution < -0.4 is 22.1 Å². The van der Waals surface area contributed by atoms with Crippen LogP contribution in [0.2, 0.25) is 0 Å². The van der Waals surface area contributed by atoms with Crippen molar-refractivity contribution in [1.29, 1.82) is 0 Å². The molecule has 0 radical (unpaired) electrons. The maximum atomic E-state index is 11.5. The number of nitrogens with one attached hydrogen (secondary N) is 2. The van der Waals surface area contributed by atoms with Gasteiger partial charge in [0.15, 0.2) is 0 Å². The van der Waals surface area contributed by atoms with Crippen LogP contribution in [-0.2, 0) is 0 Å². The van der Waals surface area contributed by atoms with E-state index in [1.165, 1.54) is 7.05 Å². The van der Waals surface area contributed by atoms with Crippen molar-refractivity contribution in [3.05, 3.63) is 10.4 Å². The Morgan fingerprint density at radius 1 is 1.41 bits per heavy atom. The van der Waals surface area contributed by atoms with E-state index in [-0.39, 0.29) is 17.2 Å². The van der Waals surface area contributed by atoms with Crippen LogP contribution in [0.15, 0.2) is 0 Å². The van der Waals surface area contributed by atoms with Crippen molar-refractivity contribution in [2.45, 2.75) is 13.3 Å². The highest BCUT2D eigenvalue weighted by Crippen LogP contribution is 2.35. The average molecular weight is 256 g/mol. The number of rotatable bonds is 5. The van der Waals surface area contributed by atoms with Gasteiger partial charge in [-0.05, 0) is 6.42 Å². The van der Waals surface area contributed by atoms with E-state index < -0.39 is 5.91 Å². The zero-order valence-electron chi connectivity index (χ0n) is 9.79. The quantitative estimate of drug-likeness (QED) is 0.618. The van der Waals surface area contributed by atoms with E-state index in [2.05, 4.69) is 10.6 Å². The molecule has 0 spiro atoms. The summed E-state index contributed by atoms with van der Waals surface area (Å²) in [5.74, 6) is -0.952. The summed E-state index contributed by atoms with van der Waals surface area (Å²) in [6, 6.07) is 0. The van der Waals surface area contributed by atoms with Crippen molar-refractivity contribution in [2.24, 2.45) is 5.73 Å². The fourth-order valence-corrected chi connectivity index (χ4v) is 2.43. The van der Waals surface area contributed by atoms with Gasteiger partial charge in [0, 0.05) is 13.6 Å². The first-order chi connectivity index (χ1) is 8.02. The third-order valence-electron chi connectivity index (χ3n) is 2.16. The molecule has 0 saturated heterocycles. The lowest BCUT2D eigenvalue weighted by Crippen LogP contribution is -2.19. The van der Waals surface area contributed by atoms with Gasteiger partial charge >= 0.3 is 0 Å². The number of nitrogens with two attached hydrogens (primary N) is 2. The Labute approximate surface area is 103 Å². The van der Waals surface area contributed by atoms with Crippen LogP contribution in [0.3, 0.4) is 0 Å². The van der Waals surface area contributed by atoms with Crippen LogP contribution in [0.5, 0.6) is 0 Å². The van der Waals surface area contributed by atoms with Crippen molar-refractivity contribution in [2.75, 3.05) is 24.6 Å². The highest BCUT2D eigenvalue weighted by Gasteiger charge is 2.23. The number of carbonyl (C=O) groups excluding carboxylic acids is 2. The molecule has 0 atom stereocenters. The molecule has 6 N–H and O–H groups in total. The molecule has 7 heteroatoms. The SMILES string of the molecule is CCCNc1sc(C(=O)NC)c(N)c1C(N)=O. The molecular weight excluding hydrogens is 240 g/mol.